The number of hydrogen-bond donors (Lipinski definition) is 5. The van der Waals surface area contributed by atoms with Crippen molar-refractivity contribution in [1.82, 2.24) is 26.6 Å². The highest BCUT2D eigenvalue weighted by molar-refractivity contribution is 8.00. The minimum atomic E-state index is -0.162. The molecule has 48 heavy (non-hydrogen) atoms. The molecule has 3 amide bonds. The molecule has 280 valence electrons. The number of rotatable bonds is 26. The molecule has 2 saturated heterocycles. The molecule has 0 aromatic rings. The first-order valence-corrected chi connectivity index (χ1v) is 19.1. The Bertz CT molecular complexity index is 890. The van der Waals surface area contributed by atoms with Gasteiger partial charge in [0.1, 0.15) is 0 Å². The molecule has 0 unspecified atom stereocenters. The van der Waals surface area contributed by atoms with Crippen molar-refractivity contribution in [2.45, 2.75) is 122 Å². The third kappa shape index (κ3) is 24.1. The van der Waals surface area contributed by atoms with Crippen molar-refractivity contribution in [3.8, 4) is 0 Å². The Morgan fingerprint density at radius 3 is 1.69 bits per heavy atom. The number of hydrogen-bond acceptors (Lipinski definition) is 10. The fourth-order valence-corrected chi connectivity index (χ4v) is 6.34. The van der Waals surface area contributed by atoms with Crippen LogP contribution >= 0.6 is 11.8 Å². The van der Waals surface area contributed by atoms with Gasteiger partial charge in [-0.3, -0.25) is 14.4 Å². The molecule has 0 radical (unpaired) electrons. The number of nitrogens with one attached hydrogen (secondary N) is 5. The van der Waals surface area contributed by atoms with Crippen LogP contribution in [0.2, 0.25) is 0 Å². The van der Waals surface area contributed by atoms with Gasteiger partial charge in [0, 0.05) is 69.7 Å². The Morgan fingerprint density at radius 1 is 0.729 bits per heavy atom. The standard InChI is InChI=1S/C27H53N3O7.C8H14N2S/c1-5-6-11-24(31)28-14-8-17-34-20-22-36-23-21-35-18-9-15-29-25(32)12-7-13-26(33)30-16-10-19-37-27(2,3)4;1-3-7-8-6(4-11-7)9-5(2)10-8/h5-23H2,1-4H3,(H,28,31)(H,29,32)(H,30,33);6-10H,2-4H2,1H3/t;6-,7-,8-/m.0/s1. The minimum Gasteiger partial charge on any atom is -0.379 e. The summed E-state index contributed by atoms with van der Waals surface area (Å²) in [5.41, 5.74) is -0.162. The normalized spacial score (nSPS) is 18.3. The molecule has 0 aliphatic carbocycles. The first kappa shape index (κ1) is 44.0. The van der Waals surface area contributed by atoms with Crippen LogP contribution < -0.4 is 26.6 Å². The summed E-state index contributed by atoms with van der Waals surface area (Å²) in [5.74, 6) is 2.27. The van der Waals surface area contributed by atoms with Crippen molar-refractivity contribution in [1.29, 1.82) is 0 Å². The summed E-state index contributed by atoms with van der Waals surface area (Å²) < 4.78 is 22.0. The molecule has 13 heteroatoms. The lowest BCUT2D eigenvalue weighted by Gasteiger charge is -2.19. The Morgan fingerprint density at radius 2 is 1.21 bits per heavy atom. The van der Waals surface area contributed by atoms with Crippen LogP contribution in [0.4, 0.5) is 0 Å². The smallest absolute Gasteiger partial charge is 0.220 e. The maximum atomic E-state index is 11.9. The maximum Gasteiger partial charge on any atom is 0.220 e. The molecule has 2 aliphatic rings. The Hall–Kier alpha value is -2.06. The Kier molecular flexibility index (Phi) is 25.4. The van der Waals surface area contributed by atoms with E-state index in [9.17, 15) is 14.4 Å². The van der Waals surface area contributed by atoms with Crippen molar-refractivity contribution >= 4 is 29.5 Å². The van der Waals surface area contributed by atoms with Crippen LogP contribution in [0, 0.1) is 0 Å². The minimum absolute atomic E-state index is 0.0334. The highest BCUT2D eigenvalue weighted by Gasteiger charge is 2.39. The second kappa shape index (κ2) is 27.7. The van der Waals surface area contributed by atoms with Crippen LogP contribution in [-0.2, 0) is 33.3 Å². The van der Waals surface area contributed by atoms with E-state index in [0.717, 1.165) is 43.2 Å². The summed E-state index contributed by atoms with van der Waals surface area (Å²) in [5, 5.41) is 16.1. The molecular formula is C35H67N5O7S. The first-order valence-electron chi connectivity index (χ1n) is 18.1. The molecule has 2 heterocycles. The van der Waals surface area contributed by atoms with E-state index in [4.69, 9.17) is 18.9 Å². The van der Waals surface area contributed by atoms with Gasteiger partial charge in [0.05, 0.1) is 49.9 Å². The Labute approximate surface area is 294 Å². The van der Waals surface area contributed by atoms with Gasteiger partial charge in [-0.05, 0) is 59.3 Å². The summed E-state index contributed by atoms with van der Waals surface area (Å²) in [6, 6.07) is 1.27. The van der Waals surface area contributed by atoms with E-state index in [2.05, 4.69) is 58.8 Å². The molecule has 2 aliphatic heterocycles. The predicted octanol–water partition coefficient (Wildman–Crippen LogP) is 3.64. The van der Waals surface area contributed by atoms with Gasteiger partial charge in [-0.2, -0.15) is 11.8 Å². The van der Waals surface area contributed by atoms with Gasteiger partial charge in [-0.15, -0.1) is 0 Å². The largest absolute Gasteiger partial charge is 0.379 e. The SMILES string of the molecule is C=C1N[C@H]2[C@H](CS[C@H]2CC)N1.CCCCC(=O)NCCCOCCOCCOCCCNC(=O)CCCC(=O)NCCCOC(C)(C)C. The second-order valence-electron chi connectivity index (χ2n) is 13.0. The first-order chi connectivity index (χ1) is 23.1. The second-order valence-corrected chi connectivity index (χ2v) is 14.3. The number of unbranched alkanes of at least 4 members (excludes halogenated alkanes) is 1. The fourth-order valence-electron chi connectivity index (χ4n) is 4.89. The average molecular weight is 702 g/mol. The monoisotopic (exact) mass is 701 g/mol. The van der Waals surface area contributed by atoms with E-state index in [1.54, 1.807) is 0 Å². The van der Waals surface area contributed by atoms with Crippen LogP contribution in [0.3, 0.4) is 0 Å². The fraction of sp³-hybridized carbons (Fsp3) is 0.857. The third-order valence-corrected chi connectivity index (χ3v) is 9.10. The van der Waals surface area contributed by atoms with Crippen LogP contribution in [0.5, 0.6) is 0 Å². The predicted molar refractivity (Wildman–Crippen MR) is 194 cm³/mol. The molecule has 2 fully saturated rings. The highest BCUT2D eigenvalue weighted by Crippen LogP contribution is 2.32. The molecule has 2 rings (SSSR count). The third-order valence-electron chi connectivity index (χ3n) is 7.49. The van der Waals surface area contributed by atoms with Crippen molar-refractivity contribution in [2.24, 2.45) is 0 Å². The van der Waals surface area contributed by atoms with Gasteiger partial charge in [0.25, 0.3) is 0 Å². The molecule has 0 bridgehead atoms. The molecule has 12 nitrogen and oxygen atoms in total. The lowest BCUT2D eigenvalue weighted by molar-refractivity contribution is -0.123. The van der Waals surface area contributed by atoms with E-state index in [1.807, 2.05) is 20.8 Å². The van der Waals surface area contributed by atoms with Crippen LogP contribution in [0.15, 0.2) is 12.4 Å². The molecule has 0 aromatic carbocycles. The molecule has 0 aromatic heterocycles. The highest BCUT2D eigenvalue weighted by atomic mass is 32.2. The van der Waals surface area contributed by atoms with Crippen molar-refractivity contribution in [3.63, 3.8) is 0 Å². The van der Waals surface area contributed by atoms with Crippen molar-refractivity contribution in [3.05, 3.63) is 12.4 Å². The van der Waals surface area contributed by atoms with E-state index >= 15 is 0 Å². The summed E-state index contributed by atoms with van der Waals surface area (Å²) >= 11 is 2.07. The molecule has 5 N–H and O–H groups in total. The van der Waals surface area contributed by atoms with E-state index in [1.165, 1.54) is 12.2 Å². The maximum absolute atomic E-state index is 11.9. The molecular weight excluding hydrogens is 634 g/mol. The van der Waals surface area contributed by atoms with E-state index in [-0.39, 0.29) is 23.3 Å². The Balaban J connectivity index is 0.000000863. The van der Waals surface area contributed by atoms with E-state index in [0.29, 0.717) is 104 Å². The number of fused-ring (bicyclic) bond motifs is 1. The van der Waals surface area contributed by atoms with Crippen LogP contribution in [0.25, 0.3) is 0 Å². The lowest BCUT2D eigenvalue weighted by atomic mass is 10.1. The number of carbonyl (C=O) groups excluding carboxylic acids is 3. The van der Waals surface area contributed by atoms with Gasteiger partial charge in [0.2, 0.25) is 17.7 Å². The topological polar surface area (TPSA) is 148 Å². The summed E-state index contributed by atoms with van der Waals surface area (Å²) in [6.07, 6.45) is 7.31. The van der Waals surface area contributed by atoms with Crippen molar-refractivity contribution in [2.75, 3.05) is 71.6 Å². The van der Waals surface area contributed by atoms with Gasteiger partial charge >= 0.3 is 0 Å². The zero-order valence-corrected chi connectivity index (χ0v) is 31.4. The van der Waals surface area contributed by atoms with Crippen LogP contribution in [0.1, 0.15) is 98.8 Å². The lowest BCUT2D eigenvalue weighted by Crippen LogP contribution is -2.36. The number of thioether (sulfide) groups is 1. The zero-order valence-electron chi connectivity index (χ0n) is 30.6. The quantitative estimate of drug-likeness (QED) is 0.0847. The number of amides is 3. The van der Waals surface area contributed by atoms with Crippen LogP contribution in [-0.4, -0.2) is 112 Å². The molecule has 0 saturated carbocycles. The van der Waals surface area contributed by atoms with Gasteiger partial charge < -0.3 is 45.5 Å². The number of carbonyl (C=O) groups is 3. The average Bonchev–Trinajstić information content (AvgIpc) is 3.60. The van der Waals surface area contributed by atoms with Gasteiger partial charge in [-0.1, -0.05) is 26.8 Å². The van der Waals surface area contributed by atoms with Gasteiger partial charge in [0.15, 0.2) is 0 Å². The van der Waals surface area contributed by atoms with E-state index < -0.39 is 0 Å². The zero-order chi connectivity index (χ0) is 35.5. The van der Waals surface area contributed by atoms with Gasteiger partial charge in [-0.25, -0.2) is 0 Å². The summed E-state index contributed by atoms with van der Waals surface area (Å²) in [6.45, 7) is 19.7. The molecule has 0 spiro atoms. The molecule has 3 atom stereocenters. The van der Waals surface area contributed by atoms with Crippen molar-refractivity contribution < 1.29 is 33.3 Å². The summed E-state index contributed by atoms with van der Waals surface area (Å²) in [4.78, 5) is 35.1. The summed E-state index contributed by atoms with van der Waals surface area (Å²) in [7, 11) is 0. The number of ether oxygens (including phenoxy) is 4.